The third-order valence-corrected chi connectivity index (χ3v) is 3.91. The summed E-state index contributed by atoms with van der Waals surface area (Å²) in [5.41, 5.74) is 1.24. The Labute approximate surface area is 104 Å². The Morgan fingerprint density at radius 3 is 2.59 bits per heavy atom. The van der Waals surface area contributed by atoms with Crippen LogP contribution in [0.25, 0.3) is 0 Å². The van der Waals surface area contributed by atoms with E-state index in [1.54, 1.807) is 12.1 Å². The van der Waals surface area contributed by atoms with Crippen LogP contribution in [-0.4, -0.2) is 11.7 Å². The van der Waals surface area contributed by atoms with Gasteiger partial charge in [-0.05, 0) is 55.8 Å². The van der Waals surface area contributed by atoms with E-state index in [0.717, 1.165) is 18.4 Å². The third kappa shape index (κ3) is 3.47. The van der Waals surface area contributed by atoms with Gasteiger partial charge in [0.15, 0.2) is 0 Å². The zero-order valence-corrected chi connectivity index (χ0v) is 10.8. The van der Waals surface area contributed by atoms with Crippen molar-refractivity contribution in [2.75, 3.05) is 6.54 Å². The summed E-state index contributed by atoms with van der Waals surface area (Å²) in [6, 6.07) is 7.86. The molecule has 3 unspecified atom stereocenters. The van der Waals surface area contributed by atoms with Crippen molar-refractivity contribution in [3.8, 4) is 5.75 Å². The van der Waals surface area contributed by atoms with Gasteiger partial charge in [-0.3, -0.25) is 0 Å². The average molecular weight is 233 g/mol. The number of hydrogen-bond donors (Lipinski definition) is 2. The first-order chi connectivity index (χ1) is 8.15. The molecule has 1 aliphatic carbocycles. The summed E-state index contributed by atoms with van der Waals surface area (Å²) in [5, 5.41) is 12.8. The topological polar surface area (TPSA) is 32.3 Å². The van der Waals surface area contributed by atoms with Gasteiger partial charge in [-0.1, -0.05) is 25.5 Å². The molecule has 0 aromatic heterocycles. The Bertz CT molecular complexity index is 346. The van der Waals surface area contributed by atoms with Crippen LogP contribution in [0.2, 0.25) is 0 Å². The van der Waals surface area contributed by atoms with Crippen LogP contribution in [0.1, 0.15) is 44.7 Å². The molecule has 3 atom stereocenters. The number of phenols is 1. The summed E-state index contributed by atoms with van der Waals surface area (Å²) in [6.07, 6.45) is 4.13. The molecule has 1 aromatic rings. The number of benzene rings is 1. The lowest BCUT2D eigenvalue weighted by atomic mass is 10.0. The molecule has 1 aliphatic rings. The van der Waals surface area contributed by atoms with Crippen molar-refractivity contribution >= 4 is 0 Å². The molecule has 94 valence electrons. The highest BCUT2D eigenvalue weighted by Crippen LogP contribution is 2.30. The molecule has 2 heteroatoms. The minimum Gasteiger partial charge on any atom is -0.508 e. The van der Waals surface area contributed by atoms with Crippen molar-refractivity contribution < 1.29 is 5.11 Å². The van der Waals surface area contributed by atoms with Crippen molar-refractivity contribution in [3.05, 3.63) is 29.8 Å². The first kappa shape index (κ1) is 12.4. The fraction of sp³-hybridized carbons (Fsp3) is 0.600. The molecule has 0 spiro atoms. The van der Waals surface area contributed by atoms with E-state index in [2.05, 4.69) is 19.2 Å². The zero-order chi connectivity index (χ0) is 12.3. The summed E-state index contributed by atoms with van der Waals surface area (Å²) in [7, 11) is 0. The molecule has 1 fully saturated rings. The predicted molar refractivity (Wildman–Crippen MR) is 71.0 cm³/mol. The fourth-order valence-electron chi connectivity index (χ4n) is 2.73. The van der Waals surface area contributed by atoms with Gasteiger partial charge in [-0.2, -0.15) is 0 Å². The molecule has 0 amide bonds. The number of phenolic OH excluding ortho intramolecular Hbond substituents is 1. The molecule has 2 nitrogen and oxygen atoms in total. The van der Waals surface area contributed by atoms with Gasteiger partial charge < -0.3 is 10.4 Å². The Morgan fingerprint density at radius 1 is 1.29 bits per heavy atom. The molecule has 0 heterocycles. The van der Waals surface area contributed by atoms with E-state index >= 15 is 0 Å². The summed E-state index contributed by atoms with van der Waals surface area (Å²) in [5.74, 6) is 2.10. The van der Waals surface area contributed by atoms with E-state index in [0.29, 0.717) is 11.8 Å². The van der Waals surface area contributed by atoms with E-state index in [1.807, 2.05) is 12.1 Å². The third-order valence-electron chi connectivity index (χ3n) is 3.91. The highest BCUT2D eigenvalue weighted by atomic mass is 16.3. The molecule has 17 heavy (non-hydrogen) atoms. The lowest BCUT2D eigenvalue weighted by Crippen LogP contribution is -2.24. The van der Waals surface area contributed by atoms with Crippen LogP contribution >= 0.6 is 0 Å². The Hall–Kier alpha value is -1.02. The summed E-state index contributed by atoms with van der Waals surface area (Å²) < 4.78 is 0. The maximum absolute atomic E-state index is 9.25. The number of nitrogens with one attached hydrogen (secondary N) is 1. The zero-order valence-electron chi connectivity index (χ0n) is 10.8. The standard InChI is InChI=1S/C15H23NO/c1-11-3-4-13(9-11)10-16-12(2)14-5-7-15(17)8-6-14/h5-8,11-13,16-17H,3-4,9-10H2,1-2H3. The summed E-state index contributed by atoms with van der Waals surface area (Å²) in [6.45, 7) is 5.65. The van der Waals surface area contributed by atoms with E-state index in [9.17, 15) is 5.11 Å². The van der Waals surface area contributed by atoms with Crippen LogP contribution in [0.15, 0.2) is 24.3 Å². The molecule has 0 radical (unpaired) electrons. The molecule has 1 aromatic carbocycles. The molecule has 0 bridgehead atoms. The molecular formula is C15H23NO. The molecule has 0 saturated heterocycles. The maximum Gasteiger partial charge on any atom is 0.115 e. The van der Waals surface area contributed by atoms with Crippen LogP contribution in [0.3, 0.4) is 0 Å². The summed E-state index contributed by atoms with van der Waals surface area (Å²) >= 11 is 0. The second-order valence-corrected chi connectivity index (χ2v) is 5.51. The largest absolute Gasteiger partial charge is 0.508 e. The number of aromatic hydroxyl groups is 1. The quantitative estimate of drug-likeness (QED) is 0.834. The van der Waals surface area contributed by atoms with Gasteiger partial charge in [-0.15, -0.1) is 0 Å². The van der Waals surface area contributed by atoms with Crippen molar-refractivity contribution in [1.29, 1.82) is 0 Å². The van der Waals surface area contributed by atoms with Crippen molar-refractivity contribution in [1.82, 2.24) is 5.32 Å². The summed E-state index contributed by atoms with van der Waals surface area (Å²) in [4.78, 5) is 0. The Morgan fingerprint density at radius 2 is 2.00 bits per heavy atom. The van der Waals surface area contributed by atoms with Gasteiger partial charge >= 0.3 is 0 Å². The first-order valence-electron chi connectivity index (χ1n) is 6.67. The smallest absolute Gasteiger partial charge is 0.115 e. The van der Waals surface area contributed by atoms with Crippen LogP contribution in [0.4, 0.5) is 0 Å². The molecule has 2 rings (SSSR count). The van der Waals surface area contributed by atoms with E-state index in [4.69, 9.17) is 0 Å². The molecular weight excluding hydrogens is 210 g/mol. The highest BCUT2D eigenvalue weighted by Gasteiger charge is 2.21. The second-order valence-electron chi connectivity index (χ2n) is 5.51. The van der Waals surface area contributed by atoms with Gasteiger partial charge in [0.1, 0.15) is 5.75 Å². The highest BCUT2D eigenvalue weighted by molar-refractivity contribution is 5.27. The van der Waals surface area contributed by atoms with Gasteiger partial charge in [0.05, 0.1) is 0 Å². The average Bonchev–Trinajstić information content (AvgIpc) is 2.73. The van der Waals surface area contributed by atoms with Gasteiger partial charge in [-0.25, -0.2) is 0 Å². The lowest BCUT2D eigenvalue weighted by Gasteiger charge is -2.17. The van der Waals surface area contributed by atoms with Crippen molar-refractivity contribution in [3.63, 3.8) is 0 Å². The lowest BCUT2D eigenvalue weighted by molar-refractivity contribution is 0.439. The predicted octanol–water partition coefficient (Wildman–Crippen LogP) is 3.48. The maximum atomic E-state index is 9.25. The number of rotatable bonds is 4. The van der Waals surface area contributed by atoms with Crippen LogP contribution in [0.5, 0.6) is 5.75 Å². The number of hydrogen-bond acceptors (Lipinski definition) is 2. The van der Waals surface area contributed by atoms with Gasteiger partial charge in [0, 0.05) is 6.04 Å². The molecule has 1 saturated carbocycles. The van der Waals surface area contributed by atoms with Crippen LogP contribution in [0, 0.1) is 11.8 Å². The fourth-order valence-corrected chi connectivity index (χ4v) is 2.73. The first-order valence-corrected chi connectivity index (χ1v) is 6.67. The molecule has 0 aliphatic heterocycles. The van der Waals surface area contributed by atoms with Crippen LogP contribution in [-0.2, 0) is 0 Å². The van der Waals surface area contributed by atoms with E-state index in [-0.39, 0.29) is 0 Å². The monoisotopic (exact) mass is 233 g/mol. The van der Waals surface area contributed by atoms with Gasteiger partial charge in [0.2, 0.25) is 0 Å². The molecule has 2 N–H and O–H groups in total. The van der Waals surface area contributed by atoms with Crippen LogP contribution < -0.4 is 5.32 Å². The minimum absolute atomic E-state index is 0.338. The Balaban J connectivity index is 1.81. The van der Waals surface area contributed by atoms with Gasteiger partial charge in [0.25, 0.3) is 0 Å². The Kier molecular flexibility index (Phi) is 4.06. The minimum atomic E-state index is 0.338. The second kappa shape index (κ2) is 5.54. The van der Waals surface area contributed by atoms with E-state index in [1.165, 1.54) is 24.8 Å². The van der Waals surface area contributed by atoms with Crippen molar-refractivity contribution in [2.45, 2.75) is 39.2 Å². The van der Waals surface area contributed by atoms with E-state index < -0.39 is 0 Å². The SMILES string of the molecule is CC1CCC(CNC(C)c2ccc(O)cc2)C1. The normalized spacial score (nSPS) is 26.0. The van der Waals surface area contributed by atoms with Crippen molar-refractivity contribution in [2.24, 2.45) is 11.8 Å².